The maximum atomic E-state index is 11.5. The van der Waals surface area contributed by atoms with Crippen LogP contribution in [0.3, 0.4) is 0 Å². The zero-order valence-corrected chi connectivity index (χ0v) is 10.1. The average Bonchev–Trinajstić information content (AvgIpc) is 2.76. The number of amides is 1. The molecule has 0 heterocycles. The van der Waals surface area contributed by atoms with Gasteiger partial charge < -0.3 is 15.8 Å². The van der Waals surface area contributed by atoms with Crippen molar-refractivity contribution in [3.63, 3.8) is 0 Å². The molecular weight excluding hydrogens is 192 g/mol. The summed E-state index contributed by atoms with van der Waals surface area (Å²) in [6, 6.07) is 0. The highest BCUT2D eigenvalue weighted by atomic mass is 16.6. The number of nitrogens with two attached hydrogens (primary N) is 1. The second kappa shape index (κ2) is 4.00. The van der Waals surface area contributed by atoms with Gasteiger partial charge in [-0.2, -0.15) is 0 Å². The van der Waals surface area contributed by atoms with Crippen molar-refractivity contribution in [2.75, 3.05) is 6.54 Å². The third-order valence-electron chi connectivity index (χ3n) is 2.84. The Morgan fingerprint density at radius 3 is 2.53 bits per heavy atom. The van der Waals surface area contributed by atoms with Crippen molar-refractivity contribution in [2.24, 2.45) is 11.7 Å². The van der Waals surface area contributed by atoms with E-state index in [0.717, 1.165) is 12.8 Å². The van der Waals surface area contributed by atoms with Crippen LogP contribution in [-0.4, -0.2) is 23.8 Å². The Morgan fingerprint density at radius 1 is 1.60 bits per heavy atom. The molecule has 0 radical (unpaired) electrons. The first-order valence-corrected chi connectivity index (χ1v) is 5.54. The topological polar surface area (TPSA) is 64.3 Å². The number of carbonyl (C=O) groups excluding carboxylic acids is 1. The van der Waals surface area contributed by atoms with E-state index in [-0.39, 0.29) is 11.6 Å². The lowest BCUT2D eigenvalue weighted by atomic mass is 10.1. The van der Waals surface area contributed by atoms with E-state index in [4.69, 9.17) is 10.5 Å². The molecule has 88 valence electrons. The minimum Gasteiger partial charge on any atom is -0.444 e. The van der Waals surface area contributed by atoms with Gasteiger partial charge >= 0.3 is 6.09 Å². The Bertz CT molecular complexity index is 247. The van der Waals surface area contributed by atoms with Crippen LogP contribution in [0.4, 0.5) is 4.79 Å². The van der Waals surface area contributed by atoms with Crippen molar-refractivity contribution in [3.8, 4) is 0 Å². The summed E-state index contributed by atoms with van der Waals surface area (Å²) in [7, 11) is 0. The quantitative estimate of drug-likeness (QED) is 0.750. The molecule has 0 saturated heterocycles. The predicted molar refractivity (Wildman–Crippen MR) is 59.6 cm³/mol. The third kappa shape index (κ3) is 3.09. The molecule has 0 spiro atoms. The normalized spacial score (nSPS) is 29.8. The number of rotatable bonds is 3. The monoisotopic (exact) mass is 214 g/mol. The molecule has 4 heteroatoms. The van der Waals surface area contributed by atoms with Gasteiger partial charge in [-0.05, 0) is 33.1 Å². The zero-order valence-electron chi connectivity index (χ0n) is 10.1. The minimum atomic E-state index is -0.448. The van der Waals surface area contributed by atoms with Crippen molar-refractivity contribution >= 4 is 6.09 Å². The van der Waals surface area contributed by atoms with Crippen LogP contribution < -0.4 is 11.1 Å². The van der Waals surface area contributed by atoms with Gasteiger partial charge in [0.1, 0.15) is 5.60 Å². The standard InChI is InChI=1S/C11H22N2O2/c1-5-8-6-11(8,7-12)13-9(14)15-10(2,3)4/h8H,5-7,12H2,1-4H3,(H,13,14). The molecule has 2 unspecified atom stereocenters. The van der Waals surface area contributed by atoms with E-state index >= 15 is 0 Å². The van der Waals surface area contributed by atoms with E-state index in [0.29, 0.717) is 12.5 Å². The first-order chi connectivity index (χ1) is 6.83. The maximum absolute atomic E-state index is 11.5. The van der Waals surface area contributed by atoms with E-state index in [9.17, 15) is 4.79 Å². The summed E-state index contributed by atoms with van der Waals surface area (Å²) in [5.74, 6) is 0.509. The fourth-order valence-electron chi connectivity index (χ4n) is 1.88. The fraction of sp³-hybridized carbons (Fsp3) is 0.909. The molecule has 0 aromatic heterocycles. The Labute approximate surface area is 91.5 Å². The molecule has 1 aliphatic rings. The number of ether oxygens (including phenoxy) is 1. The Kier molecular flexibility index (Phi) is 3.28. The van der Waals surface area contributed by atoms with Crippen molar-refractivity contribution < 1.29 is 9.53 Å². The van der Waals surface area contributed by atoms with E-state index in [1.807, 2.05) is 20.8 Å². The minimum absolute atomic E-state index is 0.197. The van der Waals surface area contributed by atoms with Crippen LogP contribution in [0.5, 0.6) is 0 Å². The van der Waals surface area contributed by atoms with Crippen molar-refractivity contribution in [3.05, 3.63) is 0 Å². The van der Waals surface area contributed by atoms with Crippen LogP contribution in [0.25, 0.3) is 0 Å². The van der Waals surface area contributed by atoms with Gasteiger partial charge in [-0.3, -0.25) is 0 Å². The third-order valence-corrected chi connectivity index (χ3v) is 2.84. The summed E-state index contributed by atoms with van der Waals surface area (Å²) in [5.41, 5.74) is 5.03. The largest absolute Gasteiger partial charge is 0.444 e. The van der Waals surface area contributed by atoms with Gasteiger partial charge in [-0.15, -0.1) is 0 Å². The molecule has 1 amide bonds. The highest BCUT2D eigenvalue weighted by molar-refractivity contribution is 5.69. The SMILES string of the molecule is CCC1CC1(CN)NC(=O)OC(C)(C)C. The van der Waals surface area contributed by atoms with Gasteiger partial charge in [-0.25, -0.2) is 4.79 Å². The summed E-state index contributed by atoms with van der Waals surface area (Å²) >= 11 is 0. The second-order valence-electron chi connectivity index (χ2n) is 5.30. The van der Waals surface area contributed by atoms with Gasteiger partial charge in [-0.1, -0.05) is 13.3 Å². The van der Waals surface area contributed by atoms with Crippen molar-refractivity contribution in [2.45, 2.75) is 51.7 Å². The fourth-order valence-corrected chi connectivity index (χ4v) is 1.88. The van der Waals surface area contributed by atoms with Crippen LogP contribution in [0.2, 0.25) is 0 Å². The molecule has 1 aliphatic carbocycles. The Hall–Kier alpha value is -0.770. The van der Waals surface area contributed by atoms with E-state index in [1.165, 1.54) is 0 Å². The molecule has 2 atom stereocenters. The molecule has 4 nitrogen and oxygen atoms in total. The van der Waals surface area contributed by atoms with E-state index < -0.39 is 5.60 Å². The lowest BCUT2D eigenvalue weighted by Gasteiger charge is -2.23. The number of nitrogens with one attached hydrogen (secondary N) is 1. The lowest BCUT2D eigenvalue weighted by Crippen LogP contribution is -2.46. The Morgan fingerprint density at radius 2 is 2.20 bits per heavy atom. The van der Waals surface area contributed by atoms with Crippen LogP contribution in [-0.2, 0) is 4.74 Å². The number of alkyl carbamates (subject to hydrolysis) is 1. The Balaban J connectivity index is 2.45. The van der Waals surface area contributed by atoms with E-state index in [2.05, 4.69) is 12.2 Å². The molecular formula is C11H22N2O2. The van der Waals surface area contributed by atoms with Crippen LogP contribution in [0.15, 0.2) is 0 Å². The first-order valence-electron chi connectivity index (χ1n) is 5.54. The van der Waals surface area contributed by atoms with Gasteiger partial charge in [0.05, 0.1) is 5.54 Å². The van der Waals surface area contributed by atoms with Gasteiger partial charge in [0.15, 0.2) is 0 Å². The molecule has 0 aromatic rings. The average molecular weight is 214 g/mol. The van der Waals surface area contributed by atoms with E-state index in [1.54, 1.807) is 0 Å². The number of carbonyl (C=O) groups is 1. The second-order valence-corrected chi connectivity index (χ2v) is 5.30. The number of hydrogen-bond donors (Lipinski definition) is 2. The van der Waals surface area contributed by atoms with Crippen LogP contribution in [0.1, 0.15) is 40.5 Å². The molecule has 1 fully saturated rings. The van der Waals surface area contributed by atoms with Gasteiger partial charge in [0.2, 0.25) is 0 Å². The summed E-state index contributed by atoms with van der Waals surface area (Å²) in [6.45, 7) is 8.16. The van der Waals surface area contributed by atoms with Crippen molar-refractivity contribution in [1.29, 1.82) is 0 Å². The van der Waals surface area contributed by atoms with Crippen LogP contribution >= 0.6 is 0 Å². The summed E-state index contributed by atoms with van der Waals surface area (Å²) in [5, 5.41) is 2.89. The van der Waals surface area contributed by atoms with Gasteiger partial charge in [0.25, 0.3) is 0 Å². The molecule has 1 saturated carbocycles. The van der Waals surface area contributed by atoms with Crippen molar-refractivity contribution in [1.82, 2.24) is 5.32 Å². The number of hydrogen-bond acceptors (Lipinski definition) is 3. The molecule has 0 aromatic carbocycles. The smallest absolute Gasteiger partial charge is 0.408 e. The lowest BCUT2D eigenvalue weighted by molar-refractivity contribution is 0.0493. The first kappa shape index (κ1) is 12.3. The molecule has 15 heavy (non-hydrogen) atoms. The maximum Gasteiger partial charge on any atom is 0.408 e. The highest BCUT2D eigenvalue weighted by Gasteiger charge is 2.53. The summed E-state index contributed by atoms with van der Waals surface area (Å²) < 4.78 is 5.20. The molecule has 1 rings (SSSR count). The summed E-state index contributed by atoms with van der Waals surface area (Å²) in [4.78, 5) is 11.5. The zero-order chi connectivity index (χ0) is 11.7. The molecule has 0 bridgehead atoms. The highest BCUT2D eigenvalue weighted by Crippen LogP contribution is 2.44. The van der Waals surface area contributed by atoms with Crippen LogP contribution in [0, 0.1) is 5.92 Å². The van der Waals surface area contributed by atoms with Gasteiger partial charge in [0, 0.05) is 6.54 Å². The summed E-state index contributed by atoms with van der Waals surface area (Å²) in [6.07, 6.45) is 1.66. The molecule has 0 aliphatic heterocycles. The molecule has 3 N–H and O–H groups in total. The predicted octanol–water partition coefficient (Wildman–Crippen LogP) is 1.64.